The van der Waals surface area contributed by atoms with Crippen LogP contribution in [0.2, 0.25) is 0 Å². The molecule has 2 heterocycles. The van der Waals surface area contributed by atoms with E-state index >= 15 is 0 Å². The number of carboxylic acid groups (broad SMARTS) is 1. The SMILES string of the molecule is CN(C)c1ccc(C(=O)N2CCC(C)(C(=O)O)CC2)cn1. The van der Waals surface area contributed by atoms with E-state index < -0.39 is 11.4 Å². The zero-order valence-electron chi connectivity index (χ0n) is 12.7. The Morgan fingerprint density at radius 2 is 1.90 bits per heavy atom. The highest BCUT2D eigenvalue weighted by Gasteiger charge is 2.38. The average molecular weight is 291 g/mol. The lowest BCUT2D eigenvalue weighted by Crippen LogP contribution is -2.45. The Morgan fingerprint density at radius 3 is 2.33 bits per heavy atom. The lowest BCUT2D eigenvalue weighted by Gasteiger charge is -2.36. The number of piperidine rings is 1. The number of nitrogens with zero attached hydrogens (tertiary/aromatic N) is 3. The topological polar surface area (TPSA) is 73.7 Å². The van der Waals surface area contributed by atoms with Crippen molar-refractivity contribution in [3.8, 4) is 0 Å². The molecule has 6 heteroatoms. The molecule has 1 aromatic heterocycles. The summed E-state index contributed by atoms with van der Waals surface area (Å²) in [5.74, 6) is -0.0736. The standard InChI is InChI=1S/C15H21N3O3/c1-15(14(20)21)6-8-18(9-7-15)13(19)11-4-5-12(16-10-11)17(2)3/h4-5,10H,6-9H2,1-3H3,(H,20,21). The molecule has 21 heavy (non-hydrogen) atoms. The van der Waals surface area contributed by atoms with Crippen LogP contribution in [0.25, 0.3) is 0 Å². The molecule has 0 aliphatic carbocycles. The minimum atomic E-state index is -0.786. The third-order valence-electron chi connectivity index (χ3n) is 4.12. The van der Waals surface area contributed by atoms with Gasteiger partial charge in [-0.2, -0.15) is 0 Å². The van der Waals surface area contributed by atoms with Crippen molar-refractivity contribution in [1.82, 2.24) is 9.88 Å². The highest BCUT2D eigenvalue weighted by Crippen LogP contribution is 2.31. The fraction of sp³-hybridized carbons (Fsp3) is 0.533. The summed E-state index contributed by atoms with van der Waals surface area (Å²) in [5, 5.41) is 9.20. The van der Waals surface area contributed by atoms with E-state index in [9.17, 15) is 14.7 Å². The molecule has 1 N–H and O–H groups in total. The van der Waals surface area contributed by atoms with Crippen LogP contribution in [0.5, 0.6) is 0 Å². The quantitative estimate of drug-likeness (QED) is 0.913. The Kier molecular flexibility index (Phi) is 4.16. The molecule has 1 amide bonds. The van der Waals surface area contributed by atoms with Crippen molar-refractivity contribution in [3.63, 3.8) is 0 Å². The Hall–Kier alpha value is -2.11. The molecular formula is C15H21N3O3. The number of carbonyl (C=O) groups is 2. The number of hydrogen-bond acceptors (Lipinski definition) is 4. The van der Waals surface area contributed by atoms with Gasteiger partial charge in [0.25, 0.3) is 5.91 Å². The summed E-state index contributed by atoms with van der Waals surface area (Å²) in [6.45, 7) is 2.68. The Bertz CT molecular complexity index is 532. The first kappa shape index (κ1) is 15.3. The molecule has 0 atom stereocenters. The van der Waals surface area contributed by atoms with E-state index in [4.69, 9.17) is 0 Å². The van der Waals surface area contributed by atoms with Crippen LogP contribution in [0, 0.1) is 5.41 Å². The maximum absolute atomic E-state index is 12.4. The van der Waals surface area contributed by atoms with Crippen molar-refractivity contribution in [2.45, 2.75) is 19.8 Å². The number of carboxylic acids is 1. The third-order valence-corrected chi connectivity index (χ3v) is 4.12. The summed E-state index contributed by atoms with van der Waals surface area (Å²) < 4.78 is 0. The van der Waals surface area contributed by atoms with Crippen LogP contribution >= 0.6 is 0 Å². The monoisotopic (exact) mass is 291 g/mol. The van der Waals surface area contributed by atoms with E-state index in [0.29, 0.717) is 31.5 Å². The maximum atomic E-state index is 12.4. The van der Waals surface area contributed by atoms with Crippen molar-refractivity contribution < 1.29 is 14.7 Å². The summed E-state index contributed by atoms with van der Waals surface area (Å²) in [6, 6.07) is 3.56. The molecule has 0 saturated carbocycles. The first-order valence-electron chi connectivity index (χ1n) is 6.99. The number of aromatic nitrogens is 1. The Morgan fingerprint density at radius 1 is 1.29 bits per heavy atom. The summed E-state index contributed by atoms with van der Waals surface area (Å²) in [6.07, 6.45) is 2.54. The molecule has 0 aromatic carbocycles. The maximum Gasteiger partial charge on any atom is 0.309 e. The molecule has 0 radical (unpaired) electrons. The van der Waals surface area contributed by atoms with Crippen LogP contribution in [0.3, 0.4) is 0 Å². The van der Waals surface area contributed by atoms with Gasteiger partial charge >= 0.3 is 5.97 Å². The normalized spacial score (nSPS) is 17.4. The fourth-order valence-corrected chi connectivity index (χ4v) is 2.38. The second-order valence-corrected chi connectivity index (χ2v) is 5.96. The molecule has 0 bridgehead atoms. The largest absolute Gasteiger partial charge is 0.481 e. The number of rotatable bonds is 3. The predicted molar refractivity (Wildman–Crippen MR) is 79.4 cm³/mol. The lowest BCUT2D eigenvalue weighted by molar-refractivity contribution is -0.150. The van der Waals surface area contributed by atoms with Gasteiger partial charge in [0.1, 0.15) is 5.82 Å². The Balaban J connectivity index is 2.03. The first-order chi connectivity index (χ1) is 9.83. The smallest absolute Gasteiger partial charge is 0.309 e. The van der Waals surface area contributed by atoms with Gasteiger partial charge in [0.15, 0.2) is 0 Å². The minimum absolute atomic E-state index is 0.0831. The average Bonchev–Trinajstić information content (AvgIpc) is 2.47. The number of anilines is 1. The van der Waals surface area contributed by atoms with Crippen molar-refractivity contribution >= 4 is 17.7 Å². The van der Waals surface area contributed by atoms with Crippen molar-refractivity contribution in [1.29, 1.82) is 0 Å². The molecule has 1 aliphatic heterocycles. The minimum Gasteiger partial charge on any atom is -0.481 e. The van der Waals surface area contributed by atoms with Crippen molar-refractivity contribution in [3.05, 3.63) is 23.9 Å². The van der Waals surface area contributed by atoms with E-state index in [1.807, 2.05) is 19.0 Å². The van der Waals surface area contributed by atoms with Gasteiger partial charge in [-0.1, -0.05) is 0 Å². The number of hydrogen-bond donors (Lipinski definition) is 1. The van der Waals surface area contributed by atoms with Crippen LogP contribution < -0.4 is 4.90 Å². The second-order valence-electron chi connectivity index (χ2n) is 5.96. The zero-order valence-corrected chi connectivity index (χ0v) is 12.7. The highest BCUT2D eigenvalue weighted by molar-refractivity contribution is 5.94. The van der Waals surface area contributed by atoms with Crippen molar-refractivity contribution in [2.24, 2.45) is 5.41 Å². The molecule has 2 rings (SSSR count). The van der Waals surface area contributed by atoms with Crippen LogP contribution in [-0.2, 0) is 4.79 Å². The van der Waals surface area contributed by atoms with E-state index in [-0.39, 0.29) is 5.91 Å². The number of aliphatic carboxylic acids is 1. The van der Waals surface area contributed by atoms with Gasteiger partial charge in [-0.15, -0.1) is 0 Å². The van der Waals surface area contributed by atoms with Gasteiger partial charge in [0.2, 0.25) is 0 Å². The van der Waals surface area contributed by atoms with Gasteiger partial charge in [-0.05, 0) is 31.9 Å². The van der Waals surface area contributed by atoms with E-state index in [2.05, 4.69) is 4.98 Å². The summed E-state index contributed by atoms with van der Waals surface area (Å²) in [4.78, 5) is 31.4. The fourth-order valence-electron chi connectivity index (χ4n) is 2.38. The molecule has 0 unspecified atom stereocenters. The van der Waals surface area contributed by atoms with Crippen LogP contribution in [0.1, 0.15) is 30.1 Å². The van der Waals surface area contributed by atoms with Crippen LogP contribution in [0.15, 0.2) is 18.3 Å². The zero-order chi connectivity index (χ0) is 15.6. The van der Waals surface area contributed by atoms with Gasteiger partial charge < -0.3 is 14.9 Å². The van der Waals surface area contributed by atoms with E-state index in [0.717, 1.165) is 5.82 Å². The van der Waals surface area contributed by atoms with Gasteiger partial charge in [0, 0.05) is 33.4 Å². The molecule has 1 aromatic rings. The number of amides is 1. The summed E-state index contributed by atoms with van der Waals surface area (Å²) >= 11 is 0. The predicted octanol–water partition coefficient (Wildman–Crippen LogP) is 1.47. The highest BCUT2D eigenvalue weighted by atomic mass is 16.4. The molecule has 1 saturated heterocycles. The van der Waals surface area contributed by atoms with Crippen LogP contribution in [0.4, 0.5) is 5.82 Å². The molecule has 6 nitrogen and oxygen atoms in total. The van der Waals surface area contributed by atoms with Gasteiger partial charge in [-0.25, -0.2) is 4.98 Å². The molecule has 114 valence electrons. The molecule has 1 aliphatic rings. The van der Waals surface area contributed by atoms with Crippen molar-refractivity contribution in [2.75, 3.05) is 32.1 Å². The first-order valence-corrected chi connectivity index (χ1v) is 6.99. The second kappa shape index (κ2) is 5.71. The van der Waals surface area contributed by atoms with E-state index in [1.165, 1.54) is 0 Å². The summed E-state index contributed by atoms with van der Waals surface area (Å²) in [5.41, 5.74) is -0.177. The lowest BCUT2D eigenvalue weighted by atomic mass is 9.80. The van der Waals surface area contributed by atoms with E-state index in [1.54, 1.807) is 30.2 Å². The van der Waals surface area contributed by atoms with Gasteiger partial charge in [0.05, 0.1) is 11.0 Å². The third kappa shape index (κ3) is 3.15. The molecular weight excluding hydrogens is 270 g/mol. The summed E-state index contributed by atoms with van der Waals surface area (Å²) in [7, 11) is 3.78. The molecule has 0 spiro atoms. The Labute approximate surface area is 124 Å². The van der Waals surface area contributed by atoms with Crippen LogP contribution in [-0.4, -0.2) is 54.1 Å². The van der Waals surface area contributed by atoms with Gasteiger partial charge in [-0.3, -0.25) is 9.59 Å². The number of pyridine rings is 1. The number of carbonyl (C=O) groups excluding carboxylic acids is 1. The molecule has 1 fully saturated rings. The number of likely N-dealkylation sites (tertiary alicyclic amines) is 1.